The summed E-state index contributed by atoms with van der Waals surface area (Å²) in [6.07, 6.45) is 2.64. The minimum absolute atomic E-state index is 0.122. The van der Waals surface area contributed by atoms with E-state index in [0.717, 1.165) is 12.2 Å². The molecule has 2 amide bonds. The highest BCUT2D eigenvalue weighted by Crippen LogP contribution is 2.48. The Hall–Kier alpha value is -0.170. The maximum absolute atomic E-state index is 12.9. The Morgan fingerprint density at radius 2 is 1.65 bits per heavy atom. The summed E-state index contributed by atoms with van der Waals surface area (Å²) in [5.41, 5.74) is 0. The molecule has 0 rings (SSSR count). The first-order chi connectivity index (χ1) is 9.39. The smallest absolute Gasteiger partial charge is 0.228 e. The molecular formula is C11H24N3O3PS2. The molecule has 0 radical (unpaired) electrons. The Bertz CT molecular complexity index is 347. The van der Waals surface area contributed by atoms with Crippen molar-refractivity contribution in [3.05, 3.63) is 0 Å². The largest absolute Gasteiger partial charge is 0.359 e. The SMILES string of the molecule is CNC(=O)CP(=O)(CC(=O)NC)N(C)CCCSSC. The number of nitrogens with one attached hydrogen (secondary N) is 2. The van der Waals surface area contributed by atoms with Crippen LogP contribution in [0.25, 0.3) is 0 Å². The monoisotopic (exact) mass is 341 g/mol. The van der Waals surface area contributed by atoms with E-state index < -0.39 is 7.29 Å². The Balaban J connectivity index is 4.68. The second-order valence-corrected chi connectivity index (χ2v) is 9.92. The molecule has 0 fully saturated rings. The highest BCUT2D eigenvalue weighted by atomic mass is 33.1. The van der Waals surface area contributed by atoms with Gasteiger partial charge in [0.15, 0.2) is 7.29 Å². The summed E-state index contributed by atoms with van der Waals surface area (Å²) in [7, 11) is 5.14. The molecule has 0 atom stereocenters. The van der Waals surface area contributed by atoms with Gasteiger partial charge in [-0.2, -0.15) is 0 Å². The van der Waals surface area contributed by atoms with E-state index in [0.29, 0.717) is 6.54 Å². The van der Waals surface area contributed by atoms with E-state index in [-0.39, 0.29) is 24.1 Å². The van der Waals surface area contributed by atoms with Gasteiger partial charge in [0.2, 0.25) is 11.8 Å². The zero-order valence-corrected chi connectivity index (χ0v) is 15.0. The van der Waals surface area contributed by atoms with Gasteiger partial charge in [0.1, 0.15) is 0 Å². The first kappa shape index (κ1) is 19.8. The molecule has 0 spiro atoms. The molecule has 0 aromatic carbocycles. The molecule has 0 bridgehead atoms. The van der Waals surface area contributed by atoms with Crippen LogP contribution in [0.15, 0.2) is 0 Å². The van der Waals surface area contributed by atoms with Gasteiger partial charge >= 0.3 is 0 Å². The number of hydrogen-bond donors (Lipinski definition) is 2. The molecule has 0 aliphatic rings. The topological polar surface area (TPSA) is 78.5 Å². The lowest BCUT2D eigenvalue weighted by atomic mass is 10.5. The summed E-state index contributed by atoms with van der Waals surface area (Å²) in [6, 6.07) is 0. The fourth-order valence-electron chi connectivity index (χ4n) is 1.52. The second kappa shape index (κ2) is 10.5. The van der Waals surface area contributed by atoms with Crippen LogP contribution in [0.3, 0.4) is 0 Å². The van der Waals surface area contributed by atoms with Crippen LogP contribution in [0.4, 0.5) is 0 Å². The molecule has 0 aromatic heterocycles. The minimum Gasteiger partial charge on any atom is -0.359 e. The second-order valence-electron chi connectivity index (χ2n) is 4.23. The lowest BCUT2D eigenvalue weighted by Gasteiger charge is -2.27. The van der Waals surface area contributed by atoms with E-state index in [9.17, 15) is 14.2 Å². The van der Waals surface area contributed by atoms with Crippen molar-refractivity contribution in [1.82, 2.24) is 15.3 Å². The molecule has 9 heteroatoms. The highest BCUT2D eigenvalue weighted by molar-refractivity contribution is 8.76. The molecule has 20 heavy (non-hydrogen) atoms. The highest BCUT2D eigenvalue weighted by Gasteiger charge is 2.32. The van der Waals surface area contributed by atoms with Crippen LogP contribution < -0.4 is 10.6 Å². The summed E-state index contributed by atoms with van der Waals surface area (Å²) in [5.74, 6) is 0.344. The van der Waals surface area contributed by atoms with Crippen LogP contribution in [0, 0.1) is 0 Å². The van der Waals surface area contributed by atoms with Gasteiger partial charge in [0, 0.05) is 26.4 Å². The zero-order valence-electron chi connectivity index (χ0n) is 12.5. The van der Waals surface area contributed by atoms with Crippen molar-refractivity contribution in [3.8, 4) is 0 Å². The third kappa shape index (κ3) is 7.57. The first-order valence-electron chi connectivity index (χ1n) is 6.26. The van der Waals surface area contributed by atoms with Gasteiger partial charge in [-0.3, -0.25) is 14.3 Å². The maximum atomic E-state index is 12.9. The predicted molar refractivity (Wildman–Crippen MR) is 88.7 cm³/mol. The normalized spacial score (nSPS) is 11.4. The number of carbonyl (C=O) groups is 2. The quantitative estimate of drug-likeness (QED) is 0.352. The van der Waals surface area contributed by atoms with Crippen molar-refractivity contribution in [2.45, 2.75) is 6.42 Å². The van der Waals surface area contributed by atoms with Crippen LogP contribution in [0.2, 0.25) is 0 Å². The lowest BCUT2D eigenvalue weighted by molar-refractivity contribution is -0.118. The molecule has 0 aromatic rings. The summed E-state index contributed by atoms with van der Waals surface area (Å²) in [6.45, 7) is 0.610. The van der Waals surface area contributed by atoms with Crippen molar-refractivity contribution in [2.24, 2.45) is 0 Å². The van der Waals surface area contributed by atoms with Gasteiger partial charge in [0.25, 0.3) is 0 Å². The summed E-state index contributed by atoms with van der Waals surface area (Å²) < 4.78 is 14.6. The van der Waals surface area contributed by atoms with Crippen molar-refractivity contribution in [3.63, 3.8) is 0 Å². The van der Waals surface area contributed by atoms with Gasteiger partial charge < -0.3 is 15.2 Å². The number of hydrogen-bond acceptors (Lipinski definition) is 5. The zero-order chi connectivity index (χ0) is 15.6. The number of carbonyl (C=O) groups excluding carboxylic acids is 2. The van der Waals surface area contributed by atoms with Crippen LogP contribution in [-0.2, 0) is 14.2 Å². The van der Waals surface area contributed by atoms with Crippen molar-refractivity contribution >= 4 is 40.7 Å². The Labute approximate surface area is 129 Å². The van der Waals surface area contributed by atoms with Crippen molar-refractivity contribution < 1.29 is 14.2 Å². The van der Waals surface area contributed by atoms with Crippen LogP contribution in [-0.4, -0.2) is 68.5 Å². The summed E-state index contributed by atoms with van der Waals surface area (Å²) >= 11 is 0. The van der Waals surface area contributed by atoms with Crippen molar-refractivity contribution in [2.75, 3.05) is 52.0 Å². The molecule has 2 N–H and O–H groups in total. The van der Waals surface area contributed by atoms with Gasteiger partial charge in [-0.1, -0.05) is 21.6 Å². The molecule has 0 saturated heterocycles. The number of nitrogens with zero attached hydrogens (tertiary/aromatic N) is 1. The fourth-order valence-corrected chi connectivity index (χ4v) is 5.10. The molecule has 0 saturated carbocycles. The predicted octanol–water partition coefficient (Wildman–Crippen LogP) is 1.09. The fraction of sp³-hybridized carbons (Fsp3) is 0.818. The van der Waals surface area contributed by atoms with Gasteiger partial charge in [0.05, 0.1) is 12.3 Å². The van der Waals surface area contributed by atoms with Crippen LogP contribution in [0.5, 0.6) is 0 Å². The van der Waals surface area contributed by atoms with Crippen LogP contribution in [0.1, 0.15) is 6.42 Å². The standard InChI is InChI=1S/C11H24N3O3PS2/c1-12-10(15)8-18(17,9-11(16)13-2)14(3)6-5-7-20-19-4/h5-9H2,1-4H3,(H,12,15)(H,13,16). The lowest BCUT2D eigenvalue weighted by Crippen LogP contribution is -2.33. The van der Waals surface area contributed by atoms with Crippen molar-refractivity contribution in [1.29, 1.82) is 0 Å². The van der Waals surface area contributed by atoms with Gasteiger partial charge in [-0.05, 0) is 19.7 Å². The van der Waals surface area contributed by atoms with Crippen LogP contribution >= 0.6 is 28.9 Å². The molecule has 0 unspecified atom stereocenters. The summed E-state index contributed by atoms with van der Waals surface area (Å²) in [5, 5.41) is 4.93. The Morgan fingerprint density at radius 3 is 2.05 bits per heavy atom. The Kier molecular flexibility index (Phi) is 10.5. The third-order valence-electron chi connectivity index (χ3n) is 2.79. The summed E-state index contributed by atoms with van der Waals surface area (Å²) in [4.78, 5) is 23.1. The van der Waals surface area contributed by atoms with E-state index in [2.05, 4.69) is 10.6 Å². The van der Waals surface area contributed by atoms with E-state index in [1.54, 1.807) is 33.3 Å². The minimum atomic E-state index is -3.01. The van der Waals surface area contributed by atoms with Gasteiger partial charge in [-0.25, -0.2) is 0 Å². The number of amides is 2. The van der Waals surface area contributed by atoms with E-state index in [4.69, 9.17) is 0 Å². The van der Waals surface area contributed by atoms with E-state index in [1.165, 1.54) is 14.1 Å². The maximum Gasteiger partial charge on any atom is 0.228 e. The molecule has 0 aliphatic heterocycles. The molecule has 0 heterocycles. The number of rotatable bonds is 10. The van der Waals surface area contributed by atoms with Gasteiger partial charge in [-0.15, -0.1) is 0 Å². The third-order valence-corrected chi connectivity index (χ3v) is 7.69. The Morgan fingerprint density at radius 1 is 1.15 bits per heavy atom. The average molecular weight is 341 g/mol. The first-order valence-corrected chi connectivity index (χ1v) is 11.0. The molecule has 6 nitrogen and oxygen atoms in total. The average Bonchev–Trinajstić information content (AvgIpc) is 2.42. The van der Waals surface area contributed by atoms with E-state index in [1.807, 2.05) is 6.26 Å². The van der Waals surface area contributed by atoms with E-state index >= 15 is 0 Å². The molecule has 118 valence electrons. The molecular weight excluding hydrogens is 317 g/mol. The molecule has 0 aliphatic carbocycles.